The van der Waals surface area contributed by atoms with E-state index in [9.17, 15) is 4.79 Å². The maximum absolute atomic E-state index is 11.9. The van der Waals surface area contributed by atoms with Gasteiger partial charge in [-0.15, -0.1) is 0 Å². The first-order valence-corrected chi connectivity index (χ1v) is 15.4. The Balaban J connectivity index is 1.39. The number of anilines is 1. The first kappa shape index (κ1) is 28.1. The van der Waals surface area contributed by atoms with Gasteiger partial charge >= 0.3 is 0 Å². The Labute approximate surface area is 255 Å². The van der Waals surface area contributed by atoms with Crippen LogP contribution < -0.4 is 9.04 Å². The average Bonchev–Trinajstić information content (AvgIpc) is 3.48. The molecule has 5 nitrogen and oxygen atoms in total. The predicted octanol–water partition coefficient (Wildman–Crippen LogP) is 9.17. The first-order chi connectivity index (χ1) is 20.4. The molecule has 212 valence electrons. The summed E-state index contributed by atoms with van der Waals surface area (Å²) < 4.78 is 14.1. The van der Waals surface area contributed by atoms with Crippen molar-refractivity contribution in [2.24, 2.45) is 0 Å². The monoisotopic (exact) mass is 594 g/mol. The number of aromatic nitrogens is 1. The highest BCUT2D eigenvalue weighted by Gasteiger charge is 2.30. The molecule has 0 saturated heterocycles. The van der Waals surface area contributed by atoms with E-state index in [0.29, 0.717) is 17.2 Å². The number of halogens is 1. The molecule has 0 N–H and O–H groups in total. The number of rotatable bonds is 8. The van der Waals surface area contributed by atoms with E-state index in [2.05, 4.69) is 72.9 Å². The van der Waals surface area contributed by atoms with E-state index in [0.717, 1.165) is 63.2 Å². The number of fused-ring (bicyclic) bond motifs is 3. The van der Waals surface area contributed by atoms with Crippen molar-refractivity contribution in [2.75, 3.05) is 10.6 Å². The van der Waals surface area contributed by atoms with Gasteiger partial charge in [-0.3, -0.25) is 0 Å². The van der Waals surface area contributed by atoms with Crippen molar-refractivity contribution in [3.63, 3.8) is 0 Å². The van der Waals surface area contributed by atoms with Crippen molar-refractivity contribution in [1.29, 1.82) is 0 Å². The van der Waals surface area contributed by atoms with Gasteiger partial charge in [-0.25, -0.2) is 0 Å². The Morgan fingerprint density at radius 3 is 2.40 bits per heavy atom. The second-order valence-corrected chi connectivity index (χ2v) is 11.8. The van der Waals surface area contributed by atoms with Gasteiger partial charge in [0, 0.05) is 34.9 Å². The Hall–Kier alpha value is -4.00. The summed E-state index contributed by atoms with van der Waals surface area (Å²) in [5.74, 6) is 1.39. The molecule has 5 aromatic rings. The largest absolute Gasteiger partial charge is 0.486 e. The van der Waals surface area contributed by atoms with Gasteiger partial charge in [-0.1, -0.05) is 76.7 Å². The molecule has 0 bridgehead atoms. The van der Waals surface area contributed by atoms with E-state index >= 15 is 0 Å². The Bertz CT molecular complexity index is 1780. The minimum atomic E-state index is 0.258. The highest BCUT2D eigenvalue weighted by Crippen LogP contribution is 2.50. The Kier molecular flexibility index (Phi) is 7.84. The molecule has 6 rings (SSSR count). The summed E-state index contributed by atoms with van der Waals surface area (Å²) in [5, 5.41) is 4.88. The fourth-order valence-corrected chi connectivity index (χ4v) is 6.64. The van der Waals surface area contributed by atoms with Crippen LogP contribution in [0.4, 0.5) is 5.69 Å². The SMILES string of the molecule is CSN1Cc2ccc(OCc3cc(-c4ccc(Cl)cc4)no3)cc2-c2c(C)c(-c3ccc(C)cc3)c(CC=O)c(C)c21. The van der Waals surface area contributed by atoms with Crippen molar-refractivity contribution in [1.82, 2.24) is 5.16 Å². The fourth-order valence-electron chi connectivity index (χ4n) is 5.84. The lowest BCUT2D eigenvalue weighted by Crippen LogP contribution is -2.22. The van der Waals surface area contributed by atoms with Crippen LogP contribution in [0.1, 0.15) is 33.6 Å². The van der Waals surface area contributed by atoms with Crippen molar-refractivity contribution >= 4 is 35.5 Å². The van der Waals surface area contributed by atoms with Crippen molar-refractivity contribution < 1.29 is 14.1 Å². The maximum atomic E-state index is 11.9. The predicted molar refractivity (Wildman–Crippen MR) is 172 cm³/mol. The molecule has 0 atom stereocenters. The molecular formula is C35H31ClN2O3S. The maximum Gasteiger partial charge on any atom is 0.174 e. The van der Waals surface area contributed by atoms with E-state index in [1.54, 1.807) is 11.9 Å². The Morgan fingerprint density at radius 2 is 1.69 bits per heavy atom. The number of aryl methyl sites for hydroxylation is 1. The molecular weight excluding hydrogens is 564 g/mol. The zero-order valence-corrected chi connectivity index (χ0v) is 25.6. The van der Waals surface area contributed by atoms with Gasteiger partial charge in [0.1, 0.15) is 24.3 Å². The summed E-state index contributed by atoms with van der Waals surface area (Å²) in [6.45, 7) is 7.43. The summed E-state index contributed by atoms with van der Waals surface area (Å²) in [4.78, 5) is 11.9. The van der Waals surface area contributed by atoms with Crippen LogP contribution in [-0.2, 0) is 24.4 Å². The van der Waals surface area contributed by atoms with Crippen LogP contribution in [0.25, 0.3) is 33.5 Å². The molecule has 0 saturated carbocycles. The third kappa shape index (κ3) is 5.21. The van der Waals surface area contributed by atoms with Gasteiger partial charge in [0.2, 0.25) is 0 Å². The summed E-state index contributed by atoms with van der Waals surface area (Å²) >= 11 is 7.73. The van der Waals surface area contributed by atoms with Crippen molar-refractivity contribution in [3.8, 4) is 39.3 Å². The number of carbonyl (C=O) groups excluding carboxylic acids is 1. The molecule has 0 fully saturated rings. The van der Waals surface area contributed by atoms with Gasteiger partial charge in [0.15, 0.2) is 5.76 Å². The zero-order chi connectivity index (χ0) is 29.4. The second-order valence-electron chi connectivity index (χ2n) is 10.6. The van der Waals surface area contributed by atoms with Gasteiger partial charge in [0.05, 0.1) is 12.2 Å². The molecule has 0 aliphatic carbocycles. The Morgan fingerprint density at radius 1 is 0.952 bits per heavy atom. The highest BCUT2D eigenvalue weighted by atomic mass is 35.5. The molecule has 0 unspecified atom stereocenters. The first-order valence-electron chi connectivity index (χ1n) is 13.8. The molecule has 42 heavy (non-hydrogen) atoms. The number of ether oxygens (including phenoxy) is 1. The van der Waals surface area contributed by atoms with Crippen LogP contribution in [0, 0.1) is 20.8 Å². The molecule has 0 radical (unpaired) electrons. The number of carbonyl (C=O) groups is 1. The quantitative estimate of drug-likeness (QED) is 0.132. The normalized spacial score (nSPS) is 12.2. The number of hydrogen-bond donors (Lipinski definition) is 0. The van der Waals surface area contributed by atoms with Gasteiger partial charge in [0.25, 0.3) is 0 Å². The van der Waals surface area contributed by atoms with Crippen LogP contribution >= 0.6 is 23.5 Å². The fraction of sp³-hybridized carbons (Fsp3) is 0.200. The summed E-state index contributed by atoms with van der Waals surface area (Å²) in [6, 6.07) is 24.3. The van der Waals surface area contributed by atoms with E-state index < -0.39 is 0 Å². The lowest BCUT2D eigenvalue weighted by Gasteiger charge is -2.36. The molecule has 4 aromatic carbocycles. The van der Waals surface area contributed by atoms with Gasteiger partial charge in [-0.2, -0.15) is 0 Å². The third-order valence-corrected chi connectivity index (χ3v) is 8.94. The van der Waals surface area contributed by atoms with E-state index in [4.69, 9.17) is 20.9 Å². The van der Waals surface area contributed by atoms with Crippen LogP contribution in [0.2, 0.25) is 5.02 Å². The average molecular weight is 595 g/mol. The summed E-state index contributed by atoms with van der Waals surface area (Å²) in [7, 11) is 0. The lowest BCUT2D eigenvalue weighted by molar-refractivity contribution is -0.107. The molecule has 0 amide bonds. The second kappa shape index (κ2) is 11.7. The minimum Gasteiger partial charge on any atom is -0.486 e. The van der Waals surface area contributed by atoms with Crippen molar-refractivity contribution in [3.05, 3.63) is 111 Å². The number of benzene rings is 4. The molecule has 1 aromatic heterocycles. The smallest absolute Gasteiger partial charge is 0.174 e. The molecule has 1 aliphatic heterocycles. The van der Waals surface area contributed by atoms with E-state index in [1.807, 2.05) is 36.4 Å². The summed E-state index contributed by atoms with van der Waals surface area (Å²) in [6.07, 6.45) is 3.49. The summed E-state index contributed by atoms with van der Waals surface area (Å²) in [5.41, 5.74) is 13.3. The number of nitrogens with zero attached hydrogens (tertiary/aromatic N) is 2. The molecule has 0 spiro atoms. The molecule has 7 heteroatoms. The number of hydrogen-bond acceptors (Lipinski definition) is 6. The van der Waals surface area contributed by atoms with Crippen molar-refractivity contribution in [2.45, 2.75) is 40.3 Å². The zero-order valence-electron chi connectivity index (χ0n) is 24.0. The van der Waals surface area contributed by atoms with Crippen LogP contribution in [0.15, 0.2) is 77.3 Å². The number of aldehydes is 1. The van der Waals surface area contributed by atoms with Crippen LogP contribution in [0.3, 0.4) is 0 Å². The lowest BCUT2D eigenvalue weighted by atomic mass is 9.81. The minimum absolute atomic E-state index is 0.258. The third-order valence-electron chi connectivity index (χ3n) is 7.94. The van der Waals surface area contributed by atoms with Crippen LogP contribution in [0.5, 0.6) is 5.75 Å². The van der Waals surface area contributed by atoms with Crippen LogP contribution in [-0.4, -0.2) is 17.7 Å². The van der Waals surface area contributed by atoms with Gasteiger partial charge < -0.3 is 18.4 Å². The topological polar surface area (TPSA) is 55.6 Å². The highest BCUT2D eigenvalue weighted by molar-refractivity contribution is 7.99. The molecule has 2 heterocycles. The molecule has 1 aliphatic rings. The standard InChI is InChI=1S/C35H31ClN2O3S/c1-21-5-7-25(8-6-21)33-23(3)34-31-17-28(40-20-29-18-32(37-41-29)24-9-12-27(36)13-10-24)14-11-26(31)19-38(42-4)35(34)22(2)30(33)15-16-39/h5-14,16-18H,15,19-20H2,1-4H3. The van der Waals surface area contributed by atoms with Gasteiger partial charge in [-0.05, 0) is 84.0 Å². The van der Waals surface area contributed by atoms with E-state index in [-0.39, 0.29) is 6.61 Å². The van der Waals surface area contributed by atoms with E-state index in [1.165, 1.54) is 22.4 Å².